The van der Waals surface area contributed by atoms with Crippen molar-refractivity contribution in [2.24, 2.45) is 11.7 Å². The van der Waals surface area contributed by atoms with E-state index in [9.17, 15) is 8.42 Å². The number of ether oxygens (including phenoxy) is 1. The summed E-state index contributed by atoms with van der Waals surface area (Å²) in [5, 5.41) is 0. The first kappa shape index (κ1) is 15.4. The lowest BCUT2D eigenvalue weighted by Gasteiger charge is -2.16. The molecular weight excluding hydrogens is 296 g/mol. The Hall–Kier alpha value is -1.02. The molecule has 0 spiro atoms. The van der Waals surface area contributed by atoms with Crippen molar-refractivity contribution in [3.05, 3.63) is 29.8 Å². The molecule has 0 aromatic heterocycles. The van der Waals surface area contributed by atoms with Gasteiger partial charge in [-0.1, -0.05) is 30.4 Å². The van der Waals surface area contributed by atoms with E-state index < -0.39 is 10.0 Å². The number of hydrogen-bond acceptors (Lipinski definition) is 4. The van der Waals surface area contributed by atoms with E-state index in [1.165, 1.54) is 6.07 Å². The second-order valence-electron chi connectivity index (χ2n) is 4.84. The third-order valence-electron chi connectivity index (χ3n) is 3.51. The Balaban J connectivity index is 2.16. The van der Waals surface area contributed by atoms with Crippen LogP contribution in [0, 0.1) is 5.92 Å². The van der Waals surface area contributed by atoms with Gasteiger partial charge in [-0.2, -0.15) is 0 Å². The second-order valence-corrected chi connectivity index (χ2v) is 7.01. The molecule has 1 aromatic rings. The summed E-state index contributed by atoms with van der Waals surface area (Å²) in [6.07, 6.45) is 0.934. The fourth-order valence-corrected chi connectivity index (χ4v) is 3.80. The summed E-state index contributed by atoms with van der Waals surface area (Å²) in [5.74, 6) is 0.196. The maximum Gasteiger partial charge on any atom is 0.241 e. The van der Waals surface area contributed by atoms with Crippen molar-refractivity contribution < 1.29 is 13.2 Å². The van der Waals surface area contributed by atoms with E-state index in [0.29, 0.717) is 18.7 Å². The Bertz CT molecular complexity index is 601. The zero-order valence-corrected chi connectivity index (χ0v) is 12.8. The van der Waals surface area contributed by atoms with Gasteiger partial charge in [-0.3, -0.25) is 0 Å². The van der Waals surface area contributed by atoms with Crippen molar-refractivity contribution in [2.45, 2.75) is 24.3 Å². The van der Waals surface area contributed by atoms with Crippen LogP contribution in [-0.2, 0) is 14.8 Å². The predicted octanol–water partition coefficient (Wildman–Crippen LogP) is 1.02. The molecule has 0 radical (unpaired) electrons. The molecular formula is C13H18N2O3S2. The fraction of sp³-hybridized carbons (Fsp3) is 0.462. The van der Waals surface area contributed by atoms with Crippen LogP contribution in [0.1, 0.15) is 18.9 Å². The minimum Gasteiger partial charge on any atom is -0.389 e. The van der Waals surface area contributed by atoms with Crippen molar-refractivity contribution >= 4 is 27.2 Å². The van der Waals surface area contributed by atoms with Crippen molar-refractivity contribution in [3.8, 4) is 0 Å². The molecule has 2 rings (SSSR count). The monoisotopic (exact) mass is 314 g/mol. The van der Waals surface area contributed by atoms with E-state index in [-0.39, 0.29) is 21.9 Å². The lowest BCUT2D eigenvalue weighted by Crippen LogP contribution is -2.33. The van der Waals surface area contributed by atoms with E-state index >= 15 is 0 Å². The summed E-state index contributed by atoms with van der Waals surface area (Å²) in [6, 6.07) is 6.47. The molecule has 1 aromatic carbocycles. The molecule has 110 valence electrons. The predicted molar refractivity (Wildman–Crippen MR) is 81.0 cm³/mol. The molecule has 7 heteroatoms. The van der Waals surface area contributed by atoms with Crippen molar-refractivity contribution in [2.75, 3.05) is 13.2 Å². The molecule has 2 atom stereocenters. The first-order valence-electron chi connectivity index (χ1n) is 6.42. The number of sulfonamides is 1. The Labute approximate surface area is 124 Å². The van der Waals surface area contributed by atoms with Gasteiger partial charge in [0.25, 0.3) is 0 Å². The lowest BCUT2D eigenvalue weighted by atomic mass is 10.0. The zero-order valence-electron chi connectivity index (χ0n) is 11.2. The van der Waals surface area contributed by atoms with E-state index in [0.717, 1.165) is 6.42 Å². The summed E-state index contributed by atoms with van der Waals surface area (Å²) < 4.78 is 32.8. The molecule has 20 heavy (non-hydrogen) atoms. The minimum absolute atomic E-state index is 0.0727. The maximum absolute atomic E-state index is 12.4. The standard InChI is InChI=1S/C13H18N2O3S2/c1-9-10(6-7-18-9)8-15-20(16,17)12-5-3-2-4-11(12)13(14)19/h2-5,9-10,15H,6-8H2,1H3,(H2,14,19). The molecule has 3 N–H and O–H groups in total. The van der Waals surface area contributed by atoms with Gasteiger partial charge in [0.15, 0.2) is 0 Å². The van der Waals surface area contributed by atoms with E-state index in [4.69, 9.17) is 22.7 Å². The highest BCUT2D eigenvalue weighted by atomic mass is 32.2. The highest BCUT2D eigenvalue weighted by molar-refractivity contribution is 7.89. The van der Waals surface area contributed by atoms with Gasteiger partial charge >= 0.3 is 0 Å². The van der Waals surface area contributed by atoms with Crippen LogP contribution >= 0.6 is 12.2 Å². The first-order chi connectivity index (χ1) is 9.42. The fourth-order valence-electron chi connectivity index (χ4n) is 2.24. The summed E-state index contributed by atoms with van der Waals surface area (Å²) in [7, 11) is -3.62. The summed E-state index contributed by atoms with van der Waals surface area (Å²) in [5.41, 5.74) is 5.94. The smallest absolute Gasteiger partial charge is 0.241 e. The van der Waals surface area contributed by atoms with Crippen LogP contribution in [-0.4, -0.2) is 32.7 Å². The molecule has 0 amide bonds. The van der Waals surface area contributed by atoms with Crippen LogP contribution in [0.25, 0.3) is 0 Å². The lowest BCUT2D eigenvalue weighted by molar-refractivity contribution is 0.107. The molecule has 0 saturated carbocycles. The highest BCUT2D eigenvalue weighted by Gasteiger charge is 2.27. The van der Waals surface area contributed by atoms with Gasteiger partial charge in [0.2, 0.25) is 10.0 Å². The van der Waals surface area contributed by atoms with Crippen LogP contribution in [0.2, 0.25) is 0 Å². The van der Waals surface area contributed by atoms with Crippen molar-refractivity contribution in [1.29, 1.82) is 0 Å². The third-order valence-corrected chi connectivity index (χ3v) is 5.21. The van der Waals surface area contributed by atoms with Crippen LogP contribution in [0.3, 0.4) is 0 Å². The average molecular weight is 314 g/mol. The Morgan fingerprint density at radius 3 is 2.80 bits per heavy atom. The quantitative estimate of drug-likeness (QED) is 0.793. The molecule has 2 unspecified atom stereocenters. The maximum atomic E-state index is 12.4. The van der Waals surface area contributed by atoms with Gasteiger partial charge in [0, 0.05) is 24.6 Å². The van der Waals surface area contributed by atoms with Gasteiger partial charge in [0.05, 0.1) is 11.0 Å². The van der Waals surface area contributed by atoms with Gasteiger partial charge in [-0.15, -0.1) is 0 Å². The van der Waals surface area contributed by atoms with Crippen molar-refractivity contribution in [3.63, 3.8) is 0 Å². The van der Waals surface area contributed by atoms with Gasteiger partial charge in [-0.05, 0) is 19.4 Å². The van der Waals surface area contributed by atoms with E-state index in [2.05, 4.69) is 4.72 Å². The molecule has 0 aliphatic carbocycles. The number of nitrogens with two attached hydrogens (primary N) is 1. The first-order valence-corrected chi connectivity index (χ1v) is 8.31. The number of hydrogen-bond donors (Lipinski definition) is 2. The molecule has 5 nitrogen and oxygen atoms in total. The Kier molecular flexibility index (Phi) is 4.74. The largest absolute Gasteiger partial charge is 0.389 e. The van der Waals surface area contributed by atoms with E-state index in [1.54, 1.807) is 18.2 Å². The summed E-state index contributed by atoms with van der Waals surface area (Å²) in [4.78, 5) is 0.197. The minimum atomic E-state index is -3.62. The Morgan fingerprint density at radius 1 is 1.50 bits per heavy atom. The van der Waals surface area contributed by atoms with Gasteiger partial charge < -0.3 is 10.5 Å². The zero-order chi connectivity index (χ0) is 14.8. The molecule has 1 fully saturated rings. The van der Waals surface area contributed by atoms with Crippen LogP contribution in [0.15, 0.2) is 29.2 Å². The highest BCUT2D eigenvalue weighted by Crippen LogP contribution is 2.21. The number of thiocarbonyl (C=S) groups is 1. The second kappa shape index (κ2) is 6.17. The molecule has 0 bridgehead atoms. The van der Waals surface area contributed by atoms with Gasteiger partial charge in [0.1, 0.15) is 4.99 Å². The average Bonchev–Trinajstić information content (AvgIpc) is 2.82. The third kappa shape index (κ3) is 3.35. The molecule has 1 aliphatic heterocycles. The topological polar surface area (TPSA) is 81.4 Å². The normalized spacial score (nSPS) is 22.9. The number of nitrogens with one attached hydrogen (secondary N) is 1. The number of rotatable bonds is 5. The van der Waals surface area contributed by atoms with Crippen LogP contribution < -0.4 is 10.5 Å². The number of benzene rings is 1. The van der Waals surface area contributed by atoms with Crippen molar-refractivity contribution in [1.82, 2.24) is 4.72 Å². The van der Waals surface area contributed by atoms with Crippen LogP contribution in [0.5, 0.6) is 0 Å². The van der Waals surface area contributed by atoms with Gasteiger partial charge in [-0.25, -0.2) is 13.1 Å². The molecule has 1 heterocycles. The summed E-state index contributed by atoms with van der Waals surface area (Å²) >= 11 is 4.89. The Morgan fingerprint density at radius 2 is 2.20 bits per heavy atom. The molecule has 1 saturated heterocycles. The summed E-state index contributed by atoms with van der Waals surface area (Å²) in [6.45, 7) is 2.99. The van der Waals surface area contributed by atoms with Crippen LogP contribution in [0.4, 0.5) is 0 Å². The molecule has 1 aliphatic rings. The van der Waals surface area contributed by atoms with E-state index in [1.807, 2.05) is 6.92 Å². The SMILES string of the molecule is CC1OCCC1CNS(=O)(=O)c1ccccc1C(N)=S.